The predicted molar refractivity (Wildman–Crippen MR) is 96.2 cm³/mol. The summed E-state index contributed by atoms with van der Waals surface area (Å²) in [5.74, 6) is -0.500. The minimum Gasteiger partial charge on any atom is -0.321 e. The highest BCUT2D eigenvalue weighted by Gasteiger charge is 2.19. The molecule has 2 aromatic carbocycles. The highest BCUT2D eigenvalue weighted by atomic mass is 35.5. The minimum atomic E-state index is -3.85. The topological polar surface area (TPSA) is 75.3 Å². The number of carbonyl (C=O) groups excluding carboxylic acids is 1. The van der Waals surface area contributed by atoms with Gasteiger partial charge in [0.1, 0.15) is 4.90 Å². The van der Waals surface area contributed by atoms with Gasteiger partial charge >= 0.3 is 0 Å². The first-order valence-electron chi connectivity index (χ1n) is 6.81. The number of rotatable bonds is 6. The second-order valence-corrected chi connectivity index (χ2v) is 7.27. The summed E-state index contributed by atoms with van der Waals surface area (Å²) in [7, 11) is -3.85. The van der Waals surface area contributed by atoms with Gasteiger partial charge in [-0.25, -0.2) is 13.1 Å². The lowest BCUT2D eigenvalue weighted by Crippen LogP contribution is -2.24. The van der Waals surface area contributed by atoms with Crippen LogP contribution in [0.5, 0.6) is 0 Å². The molecule has 0 spiro atoms. The van der Waals surface area contributed by atoms with Gasteiger partial charge in [0, 0.05) is 12.1 Å². The Morgan fingerprint density at radius 2 is 1.83 bits per heavy atom. The molecule has 0 aliphatic carbocycles. The number of amides is 1. The monoisotopic (exact) mass is 384 g/mol. The average molecular weight is 385 g/mol. The lowest BCUT2D eigenvalue weighted by molar-refractivity contribution is 0.102. The van der Waals surface area contributed by atoms with Crippen molar-refractivity contribution in [1.29, 1.82) is 0 Å². The van der Waals surface area contributed by atoms with E-state index in [-0.39, 0.29) is 22.0 Å². The van der Waals surface area contributed by atoms with Gasteiger partial charge in [-0.15, -0.1) is 6.58 Å². The normalized spacial score (nSPS) is 11.1. The Bertz CT molecular complexity index is 883. The summed E-state index contributed by atoms with van der Waals surface area (Å²) in [5, 5.41) is 3.01. The molecule has 0 aromatic heterocycles. The third-order valence-corrected chi connectivity index (χ3v) is 5.26. The van der Waals surface area contributed by atoms with Crippen molar-refractivity contribution < 1.29 is 13.2 Å². The summed E-state index contributed by atoms with van der Waals surface area (Å²) < 4.78 is 26.7. The van der Waals surface area contributed by atoms with Crippen LogP contribution in [0.1, 0.15) is 10.4 Å². The van der Waals surface area contributed by atoms with Crippen LogP contribution in [-0.4, -0.2) is 20.9 Å². The van der Waals surface area contributed by atoms with Crippen molar-refractivity contribution in [2.45, 2.75) is 4.90 Å². The van der Waals surface area contributed by atoms with E-state index in [9.17, 15) is 13.2 Å². The Balaban J connectivity index is 2.32. The van der Waals surface area contributed by atoms with Gasteiger partial charge in [0.25, 0.3) is 5.91 Å². The summed E-state index contributed by atoms with van der Waals surface area (Å²) in [6, 6.07) is 10.7. The van der Waals surface area contributed by atoms with Crippen molar-refractivity contribution in [1.82, 2.24) is 4.72 Å². The maximum atomic E-state index is 12.3. The zero-order chi connectivity index (χ0) is 17.7. The van der Waals surface area contributed by atoms with Crippen LogP contribution >= 0.6 is 23.2 Å². The van der Waals surface area contributed by atoms with Gasteiger partial charge in [-0.2, -0.15) is 0 Å². The number of anilines is 1. The summed E-state index contributed by atoms with van der Waals surface area (Å²) in [4.78, 5) is 12.1. The van der Waals surface area contributed by atoms with Gasteiger partial charge in [0.2, 0.25) is 10.0 Å². The highest BCUT2D eigenvalue weighted by Crippen LogP contribution is 2.25. The van der Waals surface area contributed by atoms with Gasteiger partial charge in [-0.3, -0.25) is 4.79 Å². The number of hydrogen-bond acceptors (Lipinski definition) is 3. The number of sulfonamides is 1. The first-order chi connectivity index (χ1) is 11.3. The van der Waals surface area contributed by atoms with Gasteiger partial charge < -0.3 is 5.32 Å². The second kappa shape index (κ2) is 7.81. The molecule has 0 radical (unpaired) electrons. The molecule has 2 rings (SSSR count). The number of carbonyl (C=O) groups is 1. The summed E-state index contributed by atoms with van der Waals surface area (Å²) in [5.41, 5.74) is 0.562. The van der Waals surface area contributed by atoms with E-state index in [0.29, 0.717) is 10.7 Å². The Morgan fingerprint density at radius 3 is 2.50 bits per heavy atom. The first kappa shape index (κ1) is 18.5. The maximum Gasteiger partial charge on any atom is 0.255 e. The van der Waals surface area contributed by atoms with E-state index < -0.39 is 15.9 Å². The van der Waals surface area contributed by atoms with E-state index in [1.54, 1.807) is 24.3 Å². The predicted octanol–water partition coefficient (Wildman–Crippen LogP) is 3.71. The van der Waals surface area contributed by atoms with Crippen LogP contribution in [0, 0.1) is 0 Å². The molecule has 0 fully saturated rings. The van der Waals surface area contributed by atoms with Gasteiger partial charge in [-0.05, 0) is 30.3 Å². The number of halogens is 2. The summed E-state index contributed by atoms with van der Waals surface area (Å²) in [6.45, 7) is 3.49. The molecule has 8 heteroatoms. The van der Waals surface area contributed by atoms with Crippen molar-refractivity contribution in [2.24, 2.45) is 0 Å². The van der Waals surface area contributed by atoms with Crippen molar-refractivity contribution in [3.8, 4) is 0 Å². The average Bonchev–Trinajstić information content (AvgIpc) is 2.55. The van der Waals surface area contributed by atoms with Crippen LogP contribution in [0.4, 0.5) is 5.69 Å². The van der Waals surface area contributed by atoms with Crippen molar-refractivity contribution in [2.75, 3.05) is 11.9 Å². The molecule has 24 heavy (non-hydrogen) atoms. The molecule has 2 aromatic rings. The Kier molecular flexibility index (Phi) is 6.01. The molecule has 0 saturated heterocycles. The van der Waals surface area contributed by atoms with Crippen LogP contribution < -0.4 is 10.0 Å². The summed E-state index contributed by atoms with van der Waals surface area (Å²) in [6.07, 6.45) is 1.40. The molecule has 0 atom stereocenters. The van der Waals surface area contributed by atoms with Crippen LogP contribution in [0.3, 0.4) is 0 Å². The standard InChI is InChI=1S/C16H14Cl2N2O3S/c1-2-9-19-24(22,23)15-10-11(7-8-13(15)18)16(21)20-14-6-4-3-5-12(14)17/h2-8,10,19H,1,9H2,(H,20,21). The van der Waals surface area contributed by atoms with Crippen LogP contribution in [-0.2, 0) is 10.0 Å². The highest BCUT2D eigenvalue weighted by molar-refractivity contribution is 7.89. The third-order valence-electron chi connectivity index (χ3n) is 3.02. The van der Waals surface area contributed by atoms with E-state index in [1.165, 1.54) is 24.3 Å². The van der Waals surface area contributed by atoms with Crippen LogP contribution in [0.25, 0.3) is 0 Å². The van der Waals surface area contributed by atoms with E-state index in [4.69, 9.17) is 23.2 Å². The van der Waals surface area contributed by atoms with E-state index in [2.05, 4.69) is 16.6 Å². The molecule has 126 valence electrons. The number of hydrogen-bond donors (Lipinski definition) is 2. The fraction of sp³-hybridized carbons (Fsp3) is 0.0625. The quantitative estimate of drug-likeness (QED) is 0.745. The Hall–Kier alpha value is -1.86. The third kappa shape index (κ3) is 4.36. The lowest BCUT2D eigenvalue weighted by atomic mass is 10.2. The van der Waals surface area contributed by atoms with Gasteiger partial charge in [0.05, 0.1) is 15.7 Å². The van der Waals surface area contributed by atoms with Crippen LogP contribution in [0.2, 0.25) is 10.0 Å². The zero-order valence-corrected chi connectivity index (χ0v) is 14.8. The van der Waals surface area contributed by atoms with E-state index in [0.717, 1.165) is 0 Å². The molecule has 1 amide bonds. The zero-order valence-electron chi connectivity index (χ0n) is 12.4. The molecule has 0 saturated carbocycles. The van der Waals surface area contributed by atoms with E-state index in [1.807, 2.05) is 0 Å². The largest absolute Gasteiger partial charge is 0.321 e. The molecule has 0 unspecified atom stereocenters. The van der Waals surface area contributed by atoms with Gasteiger partial charge in [-0.1, -0.05) is 41.4 Å². The molecule has 0 heterocycles. The molecule has 2 N–H and O–H groups in total. The molecular weight excluding hydrogens is 371 g/mol. The molecular formula is C16H14Cl2N2O3S. The molecule has 5 nitrogen and oxygen atoms in total. The fourth-order valence-corrected chi connectivity index (χ4v) is 3.56. The Morgan fingerprint density at radius 1 is 1.12 bits per heavy atom. The summed E-state index contributed by atoms with van der Waals surface area (Å²) >= 11 is 11.9. The fourth-order valence-electron chi connectivity index (χ4n) is 1.85. The molecule has 0 aliphatic heterocycles. The number of para-hydroxylation sites is 1. The van der Waals surface area contributed by atoms with Crippen LogP contribution in [0.15, 0.2) is 60.0 Å². The van der Waals surface area contributed by atoms with Gasteiger partial charge in [0.15, 0.2) is 0 Å². The number of benzene rings is 2. The second-order valence-electron chi connectivity index (χ2n) is 4.72. The smallest absolute Gasteiger partial charge is 0.255 e. The lowest BCUT2D eigenvalue weighted by Gasteiger charge is -2.10. The molecule has 0 aliphatic rings. The Labute approximate surface area is 150 Å². The van der Waals surface area contributed by atoms with Crippen molar-refractivity contribution >= 4 is 44.8 Å². The number of nitrogens with one attached hydrogen (secondary N) is 2. The molecule has 0 bridgehead atoms. The maximum absolute atomic E-state index is 12.3. The van der Waals surface area contributed by atoms with Crippen molar-refractivity contribution in [3.05, 3.63) is 70.7 Å². The van der Waals surface area contributed by atoms with E-state index >= 15 is 0 Å². The SMILES string of the molecule is C=CCNS(=O)(=O)c1cc(C(=O)Nc2ccccc2Cl)ccc1Cl. The van der Waals surface area contributed by atoms with Crippen molar-refractivity contribution in [3.63, 3.8) is 0 Å². The minimum absolute atomic E-state index is 0.0147. The first-order valence-corrected chi connectivity index (χ1v) is 9.05.